The number of ether oxygens (including phenoxy) is 1. The summed E-state index contributed by atoms with van der Waals surface area (Å²) in [6.45, 7) is 4.08. The summed E-state index contributed by atoms with van der Waals surface area (Å²) >= 11 is 3.50. The van der Waals surface area contributed by atoms with Gasteiger partial charge in [0.25, 0.3) is 0 Å². The van der Waals surface area contributed by atoms with Crippen LogP contribution in [0, 0.1) is 13.8 Å². The van der Waals surface area contributed by atoms with E-state index >= 15 is 0 Å². The molecule has 0 aliphatic heterocycles. The van der Waals surface area contributed by atoms with Crippen LogP contribution in [0.2, 0.25) is 0 Å². The number of benzene rings is 1. The summed E-state index contributed by atoms with van der Waals surface area (Å²) in [5, 5.41) is 8.92. The molecule has 0 saturated heterocycles. The van der Waals surface area contributed by atoms with Crippen molar-refractivity contribution in [2.75, 3.05) is 13.7 Å². The fraction of sp³-hybridized carbons (Fsp3) is 0.500. The molecule has 0 saturated carbocycles. The first kappa shape index (κ1) is 13.5. The van der Waals surface area contributed by atoms with Gasteiger partial charge in [0.1, 0.15) is 5.75 Å². The third-order valence-corrected chi connectivity index (χ3v) is 3.72. The van der Waals surface area contributed by atoms with E-state index in [-0.39, 0.29) is 12.6 Å². The molecule has 0 heterocycles. The Morgan fingerprint density at radius 3 is 2.62 bits per heavy atom. The predicted molar refractivity (Wildman–Crippen MR) is 68.8 cm³/mol. The summed E-state index contributed by atoms with van der Waals surface area (Å²) in [4.78, 5) is 0. The van der Waals surface area contributed by atoms with Crippen molar-refractivity contribution in [1.29, 1.82) is 0 Å². The van der Waals surface area contributed by atoms with E-state index in [0.717, 1.165) is 26.9 Å². The van der Waals surface area contributed by atoms with Gasteiger partial charge in [0, 0.05) is 12.6 Å². The minimum Gasteiger partial charge on any atom is -0.495 e. The minimum atomic E-state index is -0.148. The lowest BCUT2D eigenvalue weighted by Crippen LogP contribution is -2.14. The molecule has 90 valence electrons. The molecular weight excluding hydrogens is 270 g/mol. The molecule has 3 nitrogen and oxygen atoms in total. The Bertz CT molecular complexity index is 380. The van der Waals surface area contributed by atoms with Gasteiger partial charge in [-0.15, -0.1) is 0 Å². The second kappa shape index (κ2) is 5.66. The summed E-state index contributed by atoms with van der Waals surface area (Å²) < 4.78 is 6.33. The normalized spacial score (nSPS) is 12.6. The van der Waals surface area contributed by atoms with Crippen molar-refractivity contribution < 1.29 is 9.84 Å². The lowest BCUT2D eigenvalue weighted by Gasteiger charge is -2.19. The molecule has 0 radical (unpaired) electrons. The highest BCUT2D eigenvalue weighted by molar-refractivity contribution is 9.10. The van der Waals surface area contributed by atoms with Gasteiger partial charge in [0.2, 0.25) is 0 Å². The number of aliphatic hydroxyl groups is 1. The van der Waals surface area contributed by atoms with E-state index in [1.165, 1.54) is 0 Å². The molecule has 0 bridgehead atoms. The summed E-state index contributed by atoms with van der Waals surface area (Å²) in [7, 11) is 1.65. The molecule has 1 unspecified atom stereocenters. The fourth-order valence-electron chi connectivity index (χ4n) is 1.80. The van der Waals surface area contributed by atoms with Crippen molar-refractivity contribution in [1.82, 2.24) is 0 Å². The number of nitrogens with two attached hydrogens (primary N) is 1. The molecule has 16 heavy (non-hydrogen) atoms. The highest BCUT2D eigenvalue weighted by atomic mass is 79.9. The maximum Gasteiger partial charge on any atom is 0.136 e. The SMILES string of the molecule is COc1c(C)c(C(N)CCO)cc(C)c1Br. The van der Waals surface area contributed by atoms with Crippen molar-refractivity contribution in [2.24, 2.45) is 5.73 Å². The Morgan fingerprint density at radius 1 is 1.50 bits per heavy atom. The summed E-state index contributed by atoms with van der Waals surface area (Å²) in [5.74, 6) is 0.823. The molecule has 0 aromatic heterocycles. The average Bonchev–Trinajstić information content (AvgIpc) is 2.24. The van der Waals surface area contributed by atoms with Gasteiger partial charge >= 0.3 is 0 Å². The Hall–Kier alpha value is -0.580. The van der Waals surface area contributed by atoms with Gasteiger partial charge in [-0.05, 0) is 52.9 Å². The van der Waals surface area contributed by atoms with Crippen molar-refractivity contribution in [3.63, 3.8) is 0 Å². The first-order chi connectivity index (χ1) is 7.52. The minimum absolute atomic E-state index is 0.0953. The topological polar surface area (TPSA) is 55.5 Å². The Kier molecular flexibility index (Phi) is 4.77. The molecule has 0 aliphatic rings. The average molecular weight is 288 g/mol. The summed E-state index contributed by atoms with van der Waals surface area (Å²) in [5.41, 5.74) is 9.17. The molecule has 1 rings (SSSR count). The molecule has 4 heteroatoms. The molecule has 0 amide bonds. The largest absolute Gasteiger partial charge is 0.495 e. The smallest absolute Gasteiger partial charge is 0.136 e. The van der Waals surface area contributed by atoms with Crippen molar-refractivity contribution in [2.45, 2.75) is 26.3 Å². The van der Waals surface area contributed by atoms with Gasteiger partial charge in [0.05, 0.1) is 11.6 Å². The van der Waals surface area contributed by atoms with E-state index in [1.807, 2.05) is 19.9 Å². The van der Waals surface area contributed by atoms with Crippen molar-refractivity contribution >= 4 is 15.9 Å². The van der Waals surface area contributed by atoms with Crippen molar-refractivity contribution in [3.8, 4) is 5.75 Å². The van der Waals surface area contributed by atoms with Crippen LogP contribution in [-0.2, 0) is 0 Å². The van der Waals surface area contributed by atoms with Gasteiger partial charge < -0.3 is 15.6 Å². The Morgan fingerprint density at radius 2 is 2.12 bits per heavy atom. The number of aliphatic hydroxyl groups excluding tert-OH is 1. The molecule has 3 N–H and O–H groups in total. The van der Waals surface area contributed by atoms with Crippen LogP contribution in [0.15, 0.2) is 10.5 Å². The van der Waals surface area contributed by atoms with E-state index in [9.17, 15) is 0 Å². The summed E-state index contributed by atoms with van der Waals surface area (Å²) in [6.07, 6.45) is 0.561. The van der Waals surface area contributed by atoms with Gasteiger partial charge in [-0.2, -0.15) is 0 Å². The molecular formula is C12H18BrNO2. The quantitative estimate of drug-likeness (QED) is 0.894. The Labute approximate surface area is 105 Å². The zero-order chi connectivity index (χ0) is 12.3. The standard InChI is InChI=1S/C12H18BrNO2/c1-7-6-9(10(14)4-5-15)8(2)12(16-3)11(7)13/h6,10,15H,4-5,14H2,1-3H3. The van der Waals surface area contributed by atoms with Crippen LogP contribution in [0.25, 0.3) is 0 Å². The molecule has 1 aromatic carbocycles. The highest BCUT2D eigenvalue weighted by Gasteiger charge is 2.16. The van der Waals surface area contributed by atoms with Gasteiger partial charge in [-0.25, -0.2) is 0 Å². The van der Waals surface area contributed by atoms with E-state index in [0.29, 0.717) is 6.42 Å². The van der Waals surface area contributed by atoms with E-state index in [1.54, 1.807) is 7.11 Å². The zero-order valence-corrected chi connectivity index (χ0v) is 11.5. The first-order valence-corrected chi connectivity index (χ1v) is 6.02. The van der Waals surface area contributed by atoms with Crippen LogP contribution in [0.1, 0.15) is 29.2 Å². The van der Waals surface area contributed by atoms with Crippen LogP contribution in [0.4, 0.5) is 0 Å². The lowest BCUT2D eigenvalue weighted by atomic mass is 9.97. The van der Waals surface area contributed by atoms with Gasteiger partial charge in [-0.3, -0.25) is 0 Å². The third kappa shape index (κ3) is 2.56. The van der Waals surface area contributed by atoms with E-state index < -0.39 is 0 Å². The van der Waals surface area contributed by atoms with Crippen molar-refractivity contribution in [3.05, 3.63) is 27.2 Å². The second-order valence-electron chi connectivity index (χ2n) is 3.87. The number of hydrogen-bond acceptors (Lipinski definition) is 3. The second-order valence-corrected chi connectivity index (χ2v) is 4.67. The Balaban J connectivity index is 3.25. The predicted octanol–water partition coefficient (Wildman–Crippen LogP) is 2.46. The lowest BCUT2D eigenvalue weighted by molar-refractivity contribution is 0.276. The number of methoxy groups -OCH3 is 1. The summed E-state index contributed by atoms with van der Waals surface area (Å²) in [6, 6.07) is 1.90. The van der Waals surface area contributed by atoms with Gasteiger partial charge in [-0.1, -0.05) is 6.07 Å². The van der Waals surface area contributed by atoms with E-state index in [4.69, 9.17) is 15.6 Å². The highest BCUT2D eigenvalue weighted by Crippen LogP contribution is 2.36. The van der Waals surface area contributed by atoms with Crippen LogP contribution in [0.5, 0.6) is 5.75 Å². The third-order valence-electron chi connectivity index (χ3n) is 2.73. The van der Waals surface area contributed by atoms with Crippen LogP contribution >= 0.6 is 15.9 Å². The monoisotopic (exact) mass is 287 g/mol. The number of halogens is 1. The molecule has 1 aromatic rings. The number of hydrogen-bond donors (Lipinski definition) is 2. The molecule has 0 spiro atoms. The maximum atomic E-state index is 8.92. The molecule has 0 aliphatic carbocycles. The zero-order valence-electron chi connectivity index (χ0n) is 9.88. The van der Waals surface area contributed by atoms with Gasteiger partial charge in [0.15, 0.2) is 0 Å². The van der Waals surface area contributed by atoms with Crippen LogP contribution < -0.4 is 10.5 Å². The molecule has 1 atom stereocenters. The fourth-order valence-corrected chi connectivity index (χ4v) is 2.38. The van der Waals surface area contributed by atoms with Crippen LogP contribution in [0.3, 0.4) is 0 Å². The maximum absolute atomic E-state index is 8.92. The van der Waals surface area contributed by atoms with Crippen LogP contribution in [-0.4, -0.2) is 18.8 Å². The number of aryl methyl sites for hydroxylation is 1. The number of rotatable bonds is 4. The first-order valence-electron chi connectivity index (χ1n) is 5.23. The molecule has 0 fully saturated rings. The van der Waals surface area contributed by atoms with E-state index in [2.05, 4.69) is 15.9 Å².